The fourth-order valence-electron chi connectivity index (χ4n) is 1.06. The van der Waals surface area contributed by atoms with Crippen molar-refractivity contribution in [1.29, 1.82) is 5.26 Å². The lowest BCUT2D eigenvalue weighted by Crippen LogP contribution is -2.04. The van der Waals surface area contributed by atoms with E-state index in [0.717, 1.165) is 6.07 Å². The Morgan fingerprint density at radius 1 is 0.882 bits per heavy atom. The Labute approximate surface area is 95.7 Å². The van der Waals surface area contributed by atoms with Crippen LogP contribution in [0.5, 0.6) is 0 Å². The lowest BCUT2D eigenvalue weighted by atomic mass is 10.1. The van der Waals surface area contributed by atoms with Crippen molar-refractivity contribution in [1.82, 2.24) is 0 Å². The first-order valence-corrected chi connectivity index (χ1v) is 4.67. The van der Waals surface area contributed by atoms with Crippen LogP contribution in [0, 0.1) is 52.4 Å². The number of hydrogen-bond donors (Lipinski definition) is 0. The molecule has 0 radical (unpaired) electrons. The number of benzene rings is 1. The van der Waals surface area contributed by atoms with Crippen molar-refractivity contribution in [3.63, 3.8) is 0 Å². The SMILES string of the molecule is CC(C)C#Cc1c(F)c(F)c(C#N)c(F)c1F. The molecule has 0 aliphatic rings. The average Bonchev–Trinajstić information content (AvgIpc) is 2.27. The molecule has 0 saturated heterocycles. The zero-order valence-electron chi connectivity index (χ0n) is 9.04. The maximum atomic E-state index is 13.3. The van der Waals surface area contributed by atoms with Gasteiger partial charge in [0.1, 0.15) is 17.2 Å². The van der Waals surface area contributed by atoms with E-state index in [9.17, 15) is 17.6 Å². The molecule has 0 amide bonds. The Morgan fingerprint density at radius 3 is 1.65 bits per heavy atom. The van der Waals surface area contributed by atoms with Gasteiger partial charge in [-0.2, -0.15) is 5.26 Å². The van der Waals surface area contributed by atoms with E-state index in [1.165, 1.54) is 0 Å². The Bertz CT molecular complexity index is 530. The minimum absolute atomic E-state index is 0.212. The standard InChI is InChI=1S/C12H7F4N/c1-6(2)3-4-7-9(13)11(15)8(5-17)12(16)10(7)14/h6H,1-2H3. The van der Waals surface area contributed by atoms with Crippen LogP contribution in [0.4, 0.5) is 17.6 Å². The molecular weight excluding hydrogens is 234 g/mol. The van der Waals surface area contributed by atoms with Crippen LogP contribution in [-0.4, -0.2) is 0 Å². The molecule has 0 aliphatic heterocycles. The lowest BCUT2D eigenvalue weighted by Gasteiger charge is -2.03. The van der Waals surface area contributed by atoms with Crippen LogP contribution in [0.3, 0.4) is 0 Å². The van der Waals surface area contributed by atoms with Crippen molar-refractivity contribution >= 4 is 0 Å². The molecular formula is C12H7F4N. The van der Waals surface area contributed by atoms with Gasteiger partial charge in [-0.3, -0.25) is 0 Å². The van der Waals surface area contributed by atoms with Gasteiger partial charge in [-0.25, -0.2) is 17.6 Å². The van der Waals surface area contributed by atoms with Gasteiger partial charge in [-0.1, -0.05) is 25.7 Å². The Hall–Kier alpha value is -2.01. The highest BCUT2D eigenvalue weighted by molar-refractivity contribution is 5.44. The van der Waals surface area contributed by atoms with Gasteiger partial charge in [0, 0.05) is 5.92 Å². The largest absolute Gasteiger partial charge is 0.202 e. The first kappa shape index (κ1) is 13.1. The summed E-state index contributed by atoms with van der Waals surface area (Å²) >= 11 is 0. The van der Waals surface area contributed by atoms with E-state index in [4.69, 9.17) is 5.26 Å². The van der Waals surface area contributed by atoms with Crippen LogP contribution < -0.4 is 0 Å². The van der Waals surface area contributed by atoms with Crippen LogP contribution in [0.15, 0.2) is 0 Å². The van der Waals surface area contributed by atoms with Crippen LogP contribution >= 0.6 is 0 Å². The predicted octanol–water partition coefficient (Wildman–Crippen LogP) is 3.12. The van der Waals surface area contributed by atoms with E-state index >= 15 is 0 Å². The van der Waals surface area contributed by atoms with Crippen molar-refractivity contribution in [3.8, 4) is 17.9 Å². The van der Waals surface area contributed by atoms with Crippen molar-refractivity contribution < 1.29 is 17.6 Å². The number of rotatable bonds is 0. The monoisotopic (exact) mass is 241 g/mol. The van der Waals surface area contributed by atoms with Crippen molar-refractivity contribution in [3.05, 3.63) is 34.4 Å². The number of nitrogens with zero attached hydrogens (tertiary/aromatic N) is 1. The molecule has 5 heteroatoms. The van der Waals surface area contributed by atoms with Crippen molar-refractivity contribution in [2.24, 2.45) is 5.92 Å². The number of nitriles is 1. The third-order valence-corrected chi connectivity index (χ3v) is 1.86. The summed E-state index contributed by atoms with van der Waals surface area (Å²) in [6.07, 6.45) is 0. The fraction of sp³-hybridized carbons (Fsp3) is 0.250. The second-order valence-electron chi connectivity index (χ2n) is 3.54. The maximum absolute atomic E-state index is 13.3. The smallest absolute Gasteiger partial charge is 0.181 e. The van der Waals surface area contributed by atoms with Crippen LogP contribution in [-0.2, 0) is 0 Å². The Balaban J connectivity index is 3.57. The molecule has 1 aromatic rings. The van der Waals surface area contributed by atoms with E-state index < -0.39 is 34.4 Å². The molecule has 0 aromatic heterocycles. The normalized spacial score (nSPS) is 9.76. The van der Waals surface area contributed by atoms with Crippen LogP contribution in [0.25, 0.3) is 0 Å². The summed E-state index contributed by atoms with van der Waals surface area (Å²) in [4.78, 5) is 0. The molecule has 0 N–H and O–H groups in total. The van der Waals surface area contributed by atoms with Gasteiger partial charge in [0.25, 0.3) is 0 Å². The fourth-order valence-corrected chi connectivity index (χ4v) is 1.06. The minimum Gasteiger partial charge on any atom is -0.202 e. The first-order valence-electron chi connectivity index (χ1n) is 4.67. The quantitative estimate of drug-likeness (QED) is 0.389. The Morgan fingerprint density at radius 2 is 1.29 bits per heavy atom. The topological polar surface area (TPSA) is 23.8 Å². The van der Waals surface area contributed by atoms with Gasteiger partial charge >= 0.3 is 0 Å². The van der Waals surface area contributed by atoms with Crippen molar-refractivity contribution in [2.45, 2.75) is 13.8 Å². The van der Waals surface area contributed by atoms with E-state index in [2.05, 4.69) is 5.92 Å². The predicted molar refractivity (Wildman–Crippen MR) is 52.7 cm³/mol. The van der Waals surface area contributed by atoms with E-state index in [1.54, 1.807) is 13.8 Å². The summed E-state index contributed by atoms with van der Waals surface area (Å²) < 4.78 is 52.9. The van der Waals surface area contributed by atoms with Gasteiger partial charge < -0.3 is 0 Å². The highest BCUT2D eigenvalue weighted by Crippen LogP contribution is 2.22. The van der Waals surface area contributed by atoms with Gasteiger partial charge in [0.15, 0.2) is 23.3 Å². The molecule has 1 rings (SSSR count). The number of hydrogen-bond acceptors (Lipinski definition) is 1. The highest BCUT2D eigenvalue weighted by Gasteiger charge is 2.24. The molecule has 0 atom stereocenters. The molecule has 1 aromatic carbocycles. The molecule has 0 unspecified atom stereocenters. The summed E-state index contributed by atoms with van der Waals surface area (Å²) in [7, 11) is 0. The van der Waals surface area contributed by atoms with Gasteiger partial charge in [0.2, 0.25) is 0 Å². The second-order valence-corrected chi connectivity index (χ2v) is 3.54. The maximum Gasteiger partial charge on any atom is 0.181 e. The van der Waals surface area contributed by atoms with Gasteiger partial charge in [-0.15, -0.1) is 0 Å². The molecule has 0 heterocycles. The van der Waals surface area contributed by atoms with E-state index in [-0.39, 0.29) is 5.92 Å². The van der Waals surface area contributed by atoms with Gasteiger partial charge in [-0.05, 0) is 0 Å². The van der Waals surface area contributed by atoms with Gasteiger partial charge in [0.05, 0.1) is 0 Å². The third-order valence-electron chi connectivity index (χ3n) is 1.86. The third kappa shape index (κ3) is 2.39. The molecule has 0 bridgehead atoms. The molecule has 0 fully saturated rings. The molecule has 88 valence electrons. The average molecular weight is 241 g/mol. The molecule has 0 spiro atoms. The van der Waals surface area contributed by atoms with Crippen LogP contribution in [0.1, 0.15) is 25.0 Å². The summed E-state index contributed by atoms with van der Waals surface area (Å²) in [5.74, 6) is -2.53. The second kappa shape index (κ2) is 4.88. The summed E-state index contributed by atoms with van der Waals surface area (Å²) in [6.45, 7) is 3.30. The summed E-state index contributed by atoms with van der Waals surface area (Å²) in [5, 5.41) is 8.36. The molecule has 17 heavy (non-hydrogen) atoms. The molecule has 1 nitrogen and oxygen atoms in total. The first-order chi connectivity index (χ1) is 7.90. The lowest BCUT2D eigenvalue weighted by molar-refractivity contribution is 0.446. The minimum atomic E-state index is -1.72. The molecule has 0 saturated carbocycles. The zero-order valence-corrected chi connectivity index (χ0v) is 9.04. The summed E-state index contributed by atoms with van der Waals surface area (Å²) in [5.41, 5.74) is -2.28. The zero-order chi connectivity index (χ0) is 13.2. The summed E-state index contributed by atoms with van der Waals surface area (Å²) in [6, 6.07) is 1.06. The van der Waals surface area contributed by atoms with E-state index in [1.807, 2.05) is 5.92 Å². The van der Waals surface area contributed by atoms with Crippen molar-refractivity contribution in [2.75, 3.05) is 0 Å². The van der Waals surface area contributed by atoms with E-state index in [0.29, 0.717) is 0 Å². The molecule has 0 aliphatic carbocycles. The van der Waals surface area contributed by atoms with Crippen LogP contribution in [0.2, 0.25) is 0 Å². The Kier molecular flexibility index (Phi) is 3.75. The highest BCUT2D eigenvalue weighted by atomic mass is 19.2. The number of halogens is 4.